The molecule has 1 heterocycles. The van der Waals surface area contributed by atoms with Crippen LogP contribution in [0.4, 0.5) is 0 Å². The number of thiol groups is 1. The number of rotatable bonds is 12. The van der Waals surface area contributed by atoms with E-state index in [1.54, 1.807) is 0 Å². The van der Waals surface area contributed by atoms with Crippen LogP contribution in [0.5, 0.6) is 0 Å². The third-order valence-electron chi connectivity index (χ3n) is 4.67. The molecule has 0 bridgehead atoms. The van der Waals surface area contributed by atoms with Crippen LogP contribution >= 0.6 is 12.6 Å². The Morgan fingerprint density at radius 1 is 1.10 bits per heavy atom. The number of carboxylic acids is 2. The monoisotopic (exact) mass is 461 g/mol. The number of hydrogen-bond acceptors (Lipinski definition) is 8. The molecule has 14 heteroatoms. The van der Waals surface area contributed by atoms with E-state index >= 15 is 0 Å². The Bertz CT molecular complexity index is 733. The second-order valence-electron chi connectivity index (χ2n) is 7.04. The van der Waals surface area contributed by atoms with E-state index in [0.717, 1.165) is 4.90 Å². The Hall–Kier alpha value is -2.87. The summed E-state index contributed by atoms with van der Waals surface area (Å²) in [6, 6.07) is -4.98. The lowest BCUT2D eigenvalue weighted by molar-refractivity contribution is -0.147. The van der Waals surface area contributed by atoms with Gasteiger partial charge >= 0.3 is 11.9 Å². The molecule has 4 amide bonds. The Morgan fingerprint density at radius 3 is 2.26 bits per heavy atom. The van der Waals surface area contributed by atoms with Crippen molar-refractivity contribution in [3.8, 4) is 0 Å². The molecule has 4 unspecified atom stereocenters. The maximum atomic E-state index is 12.9. The van der Waals surface area contributed by atoms with E-state index < -0.39 is 66.2 Å². The predicted octanol–water partition coefficient (Wildman–Crippen LogP) is -2.97. The van der Waals surface area contributed by atoms with Crippen LogP contribution < -0.4 is 22.1 Å². The second kappa shape index (κ2) is 12.1. The van der Waals surface area contributed by atoms with E-state index in [1.807, 2.05) is 0 Å². The van der Waals surface area contributed by atoms with Gasteiger partial charge in [0.25, 0.3) is 0 Å². The minimum Gasteiger partial charge on any atom is -0.481 e. The lowest BCUT2D eigenvalue weighted by Gasteiger charge is -2.29. The molecular weight excluding hydrogens is 434 g/mol. The highest BCUT2D eigenvalue weighted by Crippen LogP contribution is 2.20. The zero-order chi connectivity index (χ0) is 23.7. The second-order valence-corrected chi connectivity index (χ2v) is 7.41. The summed E-state index contributed by atoms with van der Waals surface area (Å²) in [5.41, 5.74) is 10.7. The molecule has 1 rings (SSSR count). The molecule has 0 spiro atoms. The van der Waals surface area contributed by atoms with Crippen molar-refractivity contribution in [1.29, 1.82) is 0 Å². The van der Waals surface area contributed by atoms with Crippen molar-refractivity contribution in [2.45, 2.75) is 56.3 Å². The zero-order valence-corrected chi connectivity index (χ0v) is 17.5. The minimum atomic E-state index is -1.50. The van der Waals surface area contributed by atoms with Gasteiger partial charge < -0.3 is 37.2 Å². The first-order valence-corrected chi connectivity index (χ1v) is 10.1. The first-order chi connectivity index (χ1) is 14.5. The maximum Gasteiger partial charge on any atom is 0.327 e. The van der Waals surface area contributed by atoms with Gasteiger partial charge in [-0.3, -0.25) is 24.0 Å². The molecule has 0 aromatic heterocycles. The van der Waals surface area contributed by atoms with Crippen LogP contribution in [-0.2, 0) is 28.8 Å². The van der Waals surface area contributed by atoms with Crippen molar-refractivity contribution in [2.75, 3.05) is 12.3 Å². The number of likely N-dealkylation sites (tertiary alicyclic amines) is 1. The Balaban J connectivity index is 2.91. The molecule has 1 saturated heterocycles. The van der Waals surface area contributed by atoms with E-state index in [-0.39, 0.29) is 31.6 Å². The van der Waals surface area contributed by atoms with Crippen LogP contribution in [0.1, 0.15) is 32.1 Å². The number of carbonyl (C=O) groups excluding carboxylic acids is 4. The molecule has 0 aromatic rings. The fourth-order valence-corrected chi connectivity index (χ4v) is 3.29. The summed E-state index contributed by atoms with van der Waals surface area (Å²) in [7, 11) is 0. The zero-order valence-electron chi connectivity index (χ0n) is 16.7. The predicted molar refractivity (Wildman–Crippen MR) is 109 cm³/mol. The van der Waals surface area contributed by atoms with Gasteiger partial charge in [0.15, 0.2) is 0 Å². The molecule has 31 heavy (non-hydrogen) atoms. The van der Waals surface area contributed by atoms with Gasteiger partial charge in [-0.05, 0) is 19.3 Å². The largest absolute Gasteiger partial charge is 0.481 e. The fraction of sp³-hybridized carbons (Fsp3) is 0.647. The Morgan fingerprint density at radius 2 is 1.74 bits per heavy atom. The number of carboxylic acid groups (broad SMARTS) is 2. The molecule has 1 aliphatic heterocycles. The standard InChI is InChI=1S/C17H27N5O8S/c18-8(3-4-12(19)23)14(26)20-9(6-13(24)25)16(28)22-5-1-2-11(22)15(27)21-10(7-31)17(29)30/h8-11,31H,1-7,18H2,(H2,19,23)(H,20,26)(H,21,27)(H,24,25)(H,29,30). The highest BCUT2D eigenvalue weighted by molar-refractivity contribution is 7.80. The van der Waals surface area contributed by atoms with E-state index in [0.29, 0.717) is 6.42 Å². The van der Waals surface area contributed by atoms with E-state index in [2.05, 4.69) is 23.3 Å². The molecule has 0 aromatic carbocycles. The lowest BCUT2D eigenvalue weighted by atomic mass is 10.1. The highest BCUT2D eigenvalue weighted by Gasteiger charge is 2.39. The number of hydrogen-bond donors (Lipinski definition) is 7. The Kier molecular flexibility index (Phi) is 10.2. The van der Waals surface area contributed by atoms with Gasteiger partial charge in [-0.1, -0.05) is 0 Å². The van der Waals surface area contributed by atoms with E-state index in [1.165, 1.54) is 0 Å². The smallest absolute Gasteiger partial charge is 0.327 e. The third-order valence-corrected chi connectivity index (χ3v) is 5.03. The van der Waals surface area contributed by atoms with Crippen LogP contribution in [0.2, 0.25) is 0 Å². The summed E-state index contributed by atoms with van der Waals surface area (Å²) < 4.78 is 0. The average molecular weight is 461 g/mol. The normalized spacial score (nSPS) is 18.5. The van der Waals surface area contributed by atoms with Crippen molar-refractivity contribution < 1.29 is 39.0 Å². The topological polar surface area (TPSA) is 222 Å². The average Bonchev–Trinajstić information content (AvgIpc) is 3.18. The van der Waals surface area contributed by atoms with Gasteiger partial charge in [-0.15, -0.1) is 0 Å². The van der Waals surface area contributed by atoms with Crippen LogP contribution in [0.15, 0.2) is 0 Å². The van der Waals surface area contributed by atoms with E-state index in [9.17, 15) is 28.8 Å². The van der Waals surface area contributed by atoms with Gasteiger partial charge in [0.05, 0.1) is 12.5 Å². The summed E-state index contributed by atoms with van der Waals surface area (Å²) in [6.07, 6.45) is -0.358. The number of nitrogens with two attached hydrogens (primary N) is 2. The number of nitrogens with zero attached hydrogens (tertiary/aromatic N) is 1. The van der Waals surface area contributed by atoms with E-state index in [4.69, 9.17) is 21.7 Å². The SMILES string of the molecule is NC(=O)CCC(N)C(=O)NC(CC(=O)O)C(=O)N1CCCC1C(=O)NC(CS)C(=O)O. The molecule has 174 valence electrons. The van der Waals surface area contributed by atoms with Crippen LogP contribution in [0.25, 0.3) is 0 Å². The highest BCUT2D eigenvalue weighted by atomic mass is 32.1. The van der Waals surface area contributed by atoms with Gasteiger partial charge in [0.1, 0.15) is 18.1 Å². The van der Waals surface area contributed by atoms with Gasteiger partial charge in [0, 0.05) is 18.7 Å². The number of primary amides is 1. The molecular formula is C17H27N5O8S. The lowest BCUT2D eigenvalue weighted by Crippen LogP contribution is -2.57. The molecule has 0 saturated carbocycles. The quantitative estimate of drug-likeness (QED) is 0.147. The first kappa shape index (κ1) is 26.2. The van der Waals surface area contributed by atoms with Gasteiger partial charge in [0.2, 0.25) is 23.6 Å². The number of carbonyl (C=O) groups is 6. The van der Waals surface area contributed by atoms with Gasteiger partial charge in [-0.2, -0.15) is 12.6 Å². The molecule has 1 fully saturated rings. The molecule has 4 atom stereocenters. The summed E-state index contributed by atoms with van der Waals surface area (Å²) >= 11 is 3.86. The molecule has 1 aliphatic rings. The summed E-state index contributed by atoms with van der Waals surface area (Å²) in [5, 5.41) is 22.7. The first-order valence-electron chi connectivity index (χ1n) is 9.48. The Labute approximate surface area is 183 Å². The van der Waals surface area contributed by atoms with Crippen LogP contribution in [0, 0.1) is 0 Å². The van der Waals surface area contributed by atoms with Crippen molar-refractivity contribution >= 4 is 48.2 Å². The maximum absolute atomic E-state index is 12.9. The number of amides is 4. The van der Waals surface area contributed by atoms with Crippen molar-refractivity contribution in [1.82, 2.24) is 15.5 Å². The molecule has 8 N–H and O–H groups in total. The summed E-state index contributed by atoms with van der Waals surface area (Å²) in [4.78, 5) is 71.9. The van der Waals surface area contributed by atoms with Crippen molar-refractivity contribution in [3.63, 3.8) is 0 Å². The molecule has 0 radical (unpaired) electrons. The van der Waals surface area contributed by atoms with Crippen LogP contribution in [-0.4, -0.2) is 87.1 Å². The van der Waals surface area contributed by atoms with Gasteiger partial charge in [-0.25, -0.2) is 4.79 Å². The minimum absolute atomic E-state index is 0.0931. The summed E-state index contributed by atoms with van der Waals surface area (Å²) in [5.74, 6) is -5.87. The number of aliphatic carboxylic acids is 2. The summed E-state index contributed by atoms with van der Waals surface area (Å²) in [6.45, 7) is 0.120. The third kappa shape index (κ3) is 8.05. The fourth-order valence-electron chi connectivity index (χ4n) is 3.04. The van der Waals surface area contributed by atoms with Crippen LogP contribution in [0.3, 0.4) is 0 Å². The molecule has 13 nitrogen and oxygen atoms in total. The van der Waals surface area contributed by atoms with Crippen molar-refractivity contribution in [3.05, 3.63) is 0 Å². The number of nitrogens with one attached hydrogen (secondary N) is 2. The van der Waals surface area contributed by atoms with Crippen molar-refractivity contribution in [2.24, 2.45) is 11.5 Å². The molecule has 0 aliphatic carbocycles.